The molecule has 0 radical (unpaired) electrons. The Morgan fingerprint density at radius 1 is 1.67 bits per heavy atom. The fourth-order valence-corrected chi connectivity index (χ4v) is 0. The molecule has 0 saturated heterocycles. The maximum atomic E-state index is 11.3. The molecule has 0 heterocycles. The van der Waals surface area contributed by atoms with E-state index in [0.717, 1.165) is 0 Å². The molecular formula is CBrClF2Se. The van der Waals surface area contributed by atoms with Crippen molar-refractivity contribution in [2.24, 2.45) is 0 Å². The Bertz CT molecular complexity index is 43.3. The van der Waals surface area contributed by atoms with Crippen LogP contribution in [0.4, 0.5) is 8.78 Å². The second-order valence-corrected chi connectivity index (χ2v) is 4.90. The topological polar surface area (TPSA) is 0 Å². The average Bonchev–Trinajstić information content (AvgIpc) is 1.35. The van der Waals surface area contributed by atoms with Crippen LogP contribution in [-0.2, 0) is 0 Å². The molecule has 0 aliphatic heterocycles. The first kappa shape index (κ1) is 7.15. The van der Waals surface area contributed by atoms with Crippen molar-refractivity contribution in [3.05, 3.63) is 0 Å². The first-order chi connectivity index (χ1) is 2.56. The van der Waals surface area contributed by atoms with Gasteiger partial charge in [0.25, 0.3) is 0 Å². The molecule has 0 unspecified atom stereocenters. The number of rotatable bonds is 1. The van der Waals surface area contributed by atoms with Crippen LogP contribution in [0.1, 0.15) is 0 Å². The third-order valence-corrected chi connectivity index (χ3v) is 3.27. The Balaban J connectivity index is 3.17. The molecule has 0 fully saturated rings. The van der Waals surface area contributed by atoms with Crippen LogP contribution in [0.3, 0.4) is 0 Å². The van der Waals surface area contributed by atoms with Gasteiger partial charge < -0.3 is 0 Å². The average molecular weight is 244 g/mol. The van der Waals surface area contributed by atoms with Crippen molar-refractivity contribution in [1.82, 2.24) is 0 Å². The summed E-state index contributed by atoms with van der Waals surface area (Å²) in [7, 11) is 4.74. The van der Waals surface area contributed by atoms with Crippen LogP contribution < -0.4 is 0 Å². The Hall–Kier alpha value is 1.15. The summed E-state index contributed by atoms with van der Waals surface area (Å²) in [5.74, 6) is 0. The zero-order valence-electron chi connectivity index (χ0n) is 2.42. The van der Waals surface area contributed by atoms with Gasteiger partial charge in [0.05, 0.1) is 0 Å². The van der Waals surface area contributed by atoms with Gasteiger partial charge in [-0.1, -0.05) is 0 Å². The Morgan fingerprint density at radius 2 is 1.83 bits per heavy atom. The van der Waals surface area contributed by atoms with Crippen molar-refractivity contribution in [3.8, 4) is 0 Å². The second-order valence-electron chi connectivity index (χ2n) is 0.523. The van der Waals surface area contributed by atoms with E-state index in [1.165, 1.54) is 0 Å². The zero-order chi connectivity index (χ0) is 5.21. The molecule has 0 saturated carbocycles. The van der Waals surface area contributed by atoms with Gasteiger partial charge in [0.1, 0.15) is 0 Å². The van der Waals surface area contributed by atoms with E-state index < -0.39 is 17.8 Å². The second kappa shape index (κ2) is 2.46. The molecule has 0 bridgehead atoms. The summed E-state index contributed by atoms with van der Waals surface area (Å²) < 4.78 is 19.7. The van der Waals surface area contributed by atoms with Crippen LogP contribution in [-0.4, -0.2) is 17.8 Å². The Morgan fingerprint density at radius 3 is 1.83 bits per heavy atom. The molecule has 5 heteroatoms. The molecule has 0 rings (SSSR count). The van der Waals surface area contributed by atoms with Crippen molar-refractivity contribution in [2.75, 3.05) is 0 Å². The van der Waals surface area contributed by atoms with Gasteiger partial charge in [-0.25, -0.2) is 0 Å². The monoisotopic (exact) mass is 244 g/mol. The third-order valence-electron chi connectivity index (χ3n) is 0.0875. The summed E-state index contributed by atoms with van der Waals surface area (Å²) in [5.41, 5.74) is 0. The van der Waals surface area contributed by atoms with E-state index in [1.54, 1.807) is 0 Å². The first-order valence-corrected chi connectivity index (χ1v) is 4.83. The fraction of sp³-hybridized carbons (Fsp3) is 1.00. The van der Waals surface area contributed by atoms with Crippen LogP contribution >= 0.6 is 26.0 Å². The molecule has 38 valence electrons. The van der Waals surface area contributed by atoms with E-state index in [2.05, 4.69) is 0 Å². The van der Waals surface area contributed by atoms with E-state index in [-0.39, 0.29) is 0 Å². The minimum absolute atomic E-state index is 1.13. The van der Waals surface area contributed by atoms with Crippen LogP contribution in [0.2, 0.25) is 0 Å². The van der Waals surface area contributed by atoms with Gasteiger partial charge in [-0.15, -0.1) is 0 Å². The van der Waals surface area contributed by atoms with E-state index in [9.17, 15) is 8.78 Å². The van der Waals surface area contributed by atoms with Gasteiger partial charge in [0, 0.05) is 0 Å². The molecule has 0 aromatic rings. The van der Waals surface area contributed by atoms with E-state index in [0.29, 0.717) is 0 Å². The summed E-state index contributed by atoms with van der Waals surface area (Å²) in [6, 6.07) is 0. The van der Waals surface area contributed by atoms with Crippen molar-refractivity contribution in [3.63, 3.8) is 0 Å². The summed E-state index contributed by atoms with van der Waals surface area (Å²) in [4.78, 5) is 0. The quantitative estimate of drug-likeness (QED) is 0.487. The molecule has 6 heavy (non-hydrogen) atoms. The van der Waals surface area contributed by atoms with Gasteiger partial charge in [0.15, 0.2) is 0 Å². The van der Waals surface area contributed by atoms with E-state index in [1.807, 2.05) is 15.9 Å². The van der Waals surface area contributed by atoms with Gasteiger partial charge in [0.2, 0.25) is 0 Å². The molecule has 0 atom stereocenters. The molecule has 0 aromatic heterocycles. The van der Waals surface area contributed by atoms with Crippen LogP contribution in [0.15, 0.2) is 0 Å². The number of hydrogen-bond acceptors (Lipinski definition) is 0. The van der Waals surface area contributed by atoms with E-state index in [4.69, 9.17) is 10.1 Å². The summed E-state index contributed by atoms with van der Waals surface area (Å²) in [5, 5.41) is 0. The van der Waals surface area contributed by atoms with Crippen LogP contribution in [0, 0.1) is 0 Å². The van der Waals surface area contributed by atoms with Gasteiger partial charge >= 0.3 is 52.6 Å². The molecule has 0 spiro atoms. The fourth-order valence-electron chi connectivity index (χ4n) is 0. The van der Waals surface area contributed by atoms with Gasteiger partial charge in [-0.2, -0.15) is 0 Å². The summed E-state index contributed by atoms with van der Waals surface area (Å²) in [6.45, 7) is 0. The van der Waals surface area contributed by atoms with Crippen molar-refractivity contribution in [2.45, 2.75) is 3.73 Å². The summed E-state index contributed by atoms with van der Waals surface area (Å²) >= 11 is 0.908. The standard InChI is InChI=1S/CBrClF2Se/c2-1(4,5)6-3. The normalized spacial score (nSPS) is 12.0. The third kappa shape index (κ3) is 5.15. The van der Waals surface area contributed by atoms with Gasteiger partial charge in [-0.05, 0) is 0 Å². The van der Waals surface area contributed by atoms with E-state index >= 15 is 0 Å². The van der Waals surface area contributed by atoms with Crippen molar-refractivity contribution in [1.29, 1.82) is 0 Å². The molecule has 0 amide bonds. The predicted molar refractivity (Wildman–Crippen MR) is 25.5 cm³/mol. The molecule has 0 N–H and O–H groups in total. The van der Waals surface area contributed by atoms with Crippen molar-refractivity contribution < 1.29 is 8.78 Å². The van der Waals surface area contributed by atoms with Crippen molar-refractivity contribution >= 4 is 40.1 Å². The first-order valence-electron chi connectivity index (χ1n) is 0.925. The van der Waals surface area contributed by atoms with Gasteiger partial charge in [-0.3, -0.25) is 0 Å². The number of alkyl halides is 3. The number of hydrogen-bond donors (Lipinski definition) is 0. The zero-order valence-corrected chi connectivity index (χ0v) is 6.48. The SMILES string of the molecule is FC(F)(Br)[Se]Cl. The molecule has 0 aromatic carbocycles. The van der Waals surface area contributed by atoms with Crippen LogP contribution in [0.5, 0.6) is 0 Å². The molecule has 0 aliphatic rings. The predicted octanol–water partition coefficient (Wildman–Crippen LogP) is 1.79. The maximum absolute atomic E-state index is 11.3. The molecule has 0 nitrogen and oxygen atoms in total. The van der Waals surface area contributed by atoms with Crippen LogP contribution in [0.25, 0.3) is 0 Å². The molecule has 0 aliphatic carbocycles. The number of halogens is 4. The minimum atomic E-state index is -2.82. The Labute approximate surface area is 52.7 Å². The summed E-state index contributed by atoms with van der Waals surface area (Å²) in [6.07, 6.45) is 0. The molecular weight excluding hydrogens is 244 g/mol. The Kier molecular flexibility index (Phi) is 2.93.